The van der Waals surface area contributed by atoms with Gasteiger partial charge < -0.3 is 10.5 Å². The van der Waals surface area contributed by atoms with E-state index in [4.69, 9.17) is 10.5 Å². The molecule has 1 heterocycles. The summed E-state index contributed by atoms with van der Waals surface area (Å²) in [5.74, 6) is 0.726. The first-order chi connectivity index (χ1) is 10.1. The zero-order valence-electron chi connectivity index (χ0n) is 12.8. The van der Waals surface area contributed by atoms with Crippen molar-refractivity contribution in [3.8, 4) is 11.6 Å². The Morgan fingerprint density at radius 2 is 1.95 bits per heavy atom. The highest BCUT2D eigenvalue weighted by Crippen LogP contribution is 2.31. The van der Waals surface area contributed by atoms with Crippen LogP contribution in [0.15, 0.2) is 24.3 Å². The Bertz CT molecular complexity index is 590. The molecule has 2 N–H and O–H groups in total. The first-order valence-electron chi connectivity index (χ1n) is 7.20. The number of nitrogens with zero attached hydrogens (tertiary/aromatic N) is 2. The van der Waals surface area contributed by atoms with E-state index >= 15 is 0 Å². The minimum absolute atomic E-state index is 0.266. The van der Waals surface area contributed by atoms with Crippen molar-refractivity contribution in [1.29, 1.82) is 0 Å². The molecule has 0 fully saturated rings. The van der Waals surface area contributed by atoms with Crippen molar-refractivity contribution < 1.29 is 9.13 Å². The van der Waals surface area contributed by atoms with Crippen LogP contribution in [0.3, 0.4) is 0 Å². The third-order valence-electron chi connectivity index (χ3n) is 3.41. The summed E-state index contributed by atoms with van der Waals surface area (Å²) in [7, 11) is 1.63. The first kappa shape index (κ1) is 15.5. The van der Waals surface area contributed by atoms with Crippen LogP contribution in [0.4, 0.5) is 4.39 Å². The zero-order valence-corrected chi connectivity index (χ0v) is 12.8. The van der Waals surface area contributed by atoms with E-state index in [1.54, 1.807) is 23.9 Å². The maximum absolute atomic E-state index is 13.1. The van der Waals surface area contributed by atoms with Gasteiger partial charge in [0, 0.05) is 5.56 Å². The number of hydrogen-bond acceptors (Lipinski definition) is 3. The fourth-order valence-electron chi connectivity index (χ4n) is 2.40. The third-order valence-corrected chi connectivity index (χ3v) is 3.41. The van der Waals surface area contributed by atoms with Crippen LogP contribution in [0.5, 0.6) is 5.88 Å². The molecular formula is C16H22FN3O. The van der Waals surface area contributed by atoms with Crippen LogP contribution < -0.4 is 10.5 Å². The molecule has 114 valence electrons. The fraction of sp³-hybridized carbons (Fsp3) is 0.438. The number of benzene rings is 1. The highest BCUT2D eigenvalue weighted by atomic mass is 19.1. The maximum Gasteiger partial charge on any atom is 0.219 e. The molecule has 2 rings (SSSR count). The topological polar surface area (TPSA) is 53.1 Å². The van der Waals surface area contributed by atoms with Gasteiger partial charge in [0.05, 0.1) is 18.5 Å². The quantitative estimate of drug-likeness (QED) is 0.890. The Labute approximate surface area is 124 Å². The second-order valence-corrected chi connectivity index (χ2v) is 5.31. The van der Waals surface area contributed by atoms with Crippen LogP contribution in [-0.2, 0) is 6.42 Å². The molecule has 4 nitrogen and oxygen atoms in total. The largest absolute Gasteiger partial charge is 0.481 e. The number of hydrogen-bond donors (Lipinski definition) is 1. The van der Waals surface area contributed by atoms with E-state index in [2.05, 4.69) is 18.9 Å². The summed E-state index contributed by atoms with van der Waals surface area (Å²) >= 11 is 0. The van der Waals surface area contributed by atoms with Crippen molar-refractivity contribution in [3.05, 3.63) is 41.3 Å². The van der Waals surface area contributed by atoms with Gasteiger partial charge in [-0.15, -0.1) is 0 Å². The number of methoxy groups -OCH3 is 1. The van der Waals surface area contributed by atoms with Crippen molar-refractivity contribution >= 4 is 0 Å². The second-order valence-electron chi connectivity index (χ2n) is 5.31. The van der Waals surface area contributed by atoms with Crippen LogP contribution in [0.2, 0.25) is 0 Å². The van der Waals surface area contributed by atoms with Crippen molar-refractivity contribution in [3.63, 3.8) is 0 Å². The fourth-order valence-corrected chi connectivity index (χ4v) is 2.40. The summed E-state index contributed by atoms with van der Waals surface area (Å²) in [4.78, 5) is 0. The Kier molecular flexibility index (Phi) is 4.96. The molecule has 0 radical (unpaired) electrons. The van der Waals surface area contributed by atoms with Gasteiger partial charge in [-0.1, -0.05) is 13.8 Å². The molecular weight excluding hydrogens is 269 g/mol. The van der Waals surface area contributed by atoms with Gasteiger partial charge in [0.2, 0.25) is 5.88 Å². The van der Waals surface area contributed by atoms with E-state index in [9.17, 15) is 4.39 Å². The predicted molar refractivity (Wildman–Crippen MR) is 81.5 cm³/mol. The standard InChI is InChI=1S/C16H22FN3O/c1-11(2)15-14(5-4-10-18)16(21-3)20(19-15)13-8-6-12(17)7-9-13/h6-9,11H,4-5,10,18H2,1-3H3. The predicted octanol–water partition coefficient (Wildman–Crippen LogP) is 3.03. The molecule has 0 aliphatic heterocycles. The molecule has 5 heteroatoms. The summed E-state index contributed by atoms with van der Waals surface area (Å²) in [6.07, 6.45) is 1.71. The monoisotopic (exact) mass is 291 g/mol. The molecule has 0 saturated carbocycles. The minimum Gasteiger partial charge on any atom is -0.481 e. The van der Waals surface area contributed by atoms with E-state index in [-0.39, 0.29) is 11.7 Å². The van der Waals surface area contributed by atoms with Gasteiger partial charge in [0.25, 0.3) is 0 Å². The van der Waals surface area contributed by atoms with Gasteiger partial charge in [-0.25, -0.2) is 9.07 Å². The van der Waals surface area contributed by atoms with Gasteiger partial charge in [-0.2, -0.15) is 5.10 Å². The molecule has 0 aliphatic rings. The van der Waals surface area contributed by atoms with E-state index in [1.807, 2.05) is 0 Å². The molecule has 0 amide bonds. The minimum atomic E-state index is -0.266. The molecule has 0 unspecified atom stereocenters. The lowest BCUT2D eigenvalue weighted by Crippen LogP contribution is -2.03. The number of halogens is 1. The normalized spacial score (nSPS) is 11.1. The van der Waals surface area contributed by atoms with Gasteiger partial charge in [0.1, 0.15) is 5.82 Å². The highest BCUT2D eigenvalue weighted by molar-refractivity contribution is 5.42. The lowest BCUT2D eigenvalue weighted by Gasteiger charge is -2.08. The number of nitrogens with two attached hydrogens (primary N) is 1. The molecule has 2 aromatic rings. The van der Waals surface area contributed by atoms with Crippen molar-refractivity contribution in [2.24, 2.45) is 5.73 Å². The smallest absolute Gasteiger partial charge is 0.219 e. The lowest BCUT2D eigenvalue weighted by atomic mass is 10.0. The molecule has 1 aromatic carbocycles. The van der Waals surface area contributed by atoms with Crippen LogP contribution in [0.25, 0.3) is 5.69 Å². The van der Waals surface area contributed by atoms with Gasteiger partial charge in [0.15, 0.2) is 0 Å². The van der Waals surface area contributed by atoms with Crippen LogP contribution in [0, 0.1) is 5.82 Å². The number of aromatic nitrogens is 2. The maximum atomic E-state index is 13.1. The molecule has 1 aromatic heterocycles. The van der Waals surface area contributed by atoms with E-state index < -0.39 is 0 Å². The Morgan fingerprint density at radius 1 is 1.29 bits per heavy atom. The lowest BCUT2D eigenvalue weighted by molar-refractivity contribution is 0.379. The number of rotatable bonds is 6. The molecule has 0 atom stereocenters. The van der Waals surface area contributed by atoms with Crippen LogP contribution >= 0.6 is 0 Å². The Balaban J connectivity index is 2.52. The first-order valence-corrected chi connectivity index (χ1v) is 7.20. The van der Waals surface area contributed by atoms with Crippen molar-refractivity contribution in [1.82, 2.24) is 9.78 Å². The second kappa shape index (κ2) is 6.72. The average Bonchev–Trinajstić information content (AvgIpc) is 2.84. The number of ether oxygens (including phenoxy) is 1. The molecule has 0 saturated heterocycles. The van der Waals surface area contributed by atoms with E-state index in [0.29, 0.717) is 12.4 Å². The highest BCUT2D eigenvalue weighted by Gasteiger charge is 2.21. The third kappa shape index (κ3) is 3.24. The SMILES string of the molecule is COc1c(CCCN)c(C(C)C)nn1-c1ccc(F)cc1. The Hall–Kier alpha value is -1.88. The average molecular weight is 291 g/mol. The van der Waals surface area contributed by atoms with Gasteiger partial charge >= 0.3 is 0 Å². The summed E-state index contributed by atoms with van der Waals surface area (Å²) in [6, 6.07) is 6.24. The summed E-state index contributed by atoms with van der Waals surface area (Å²) < 4.78 is 20.4. The molecule has 0 spiro atoms. The van der Waals surface area contributed by atoms with Gasteiger partial charge in [-0.3, -0.25) is 0 Å². The van der Waals surface area contributed by atoms with Crippen molar-refractivity contribution in [2.45, 2.75) is 32.6 Å². The molecule has 0 aliphatic carbocycles. The molecule has 21 heavy (non-hydrogen) atoms. The van der Waals surface area contributed by atoms with Crippen LogP contribution in [0.1, 0.15) is 37.4 Å². The van der Waals surface area contributed by atoms with Crippen LogP contribution in [-0.4, -0.2) is 23.4 Å². The van der Waals surface area contributed by atoms with Crippen molar-refractivity contribution in [2.75, 3.05) is 13.7 Å². The van der Waals surface area contributed by atoms with Gasteiger partial charge in [-0.05, 0) is 49.6 Å². The van der Waals surface area contributed by atoms with E-state index in [1.165, 1.54) is 12.1 Å². The Morgan fingerprint density at radius 3 is 2.48 bits per heavy atom. The summed E-state index contributed by atoms with van der Waals surface area (Å²) in [5, 5.41) is 4.66. The summed E-state index contributed by atoms with van der Waals surface area (Å²) in [6.45, 7) is 4.83. The van der Waals surface area contributed by atoms with E-state index in [0.717, 1.165) is 29.8 Å². The zero-order chi connectivity index (χ0) is 15.4. The summed E-state index contributed by atoms with van der Waals surface area (Å²) in [5.41, 5.74) is 8.49. The molecule has 0 bridgehead atoms.